The summed E-state index contributed by atoms with van der Waals surface area (Å²) in [5, 5.41) is 0. The normalized spacial score (nSPS) is 14.8. The molecule has 0 saturated carbocycles. The molecule has 1 amide bonds. The van der Waals surface area contributed by atoms with Gasteiger partial charge < -0.3 is 14.4 Å². The maximum atomic E-state index is 13.4. The second kappa shape index (κ2) is 9.04. The molecule has 1 heterocycles. The maximum Gasteiger partial charge on any atom is 0.416 e. The van der Waals surface area contributed by atoms with Crippen LogP contribution in [0.2, 0.25) is 0 Å². The van der Waals surface area contributed by atoms with E-state index in [9.17, 15) is 18.0 Å². The van der Waals surface area contributed by atoms with Crippen LogP contribution >= 0.6 is 0 Å². The molecule has 1 aliphatic heterocycles. The Morgan fingerprint density at radius 1 is 1.26 bits per heavy atom. The van der Waals surface area contributed by atoms with E-state index in [1.165, 1.54) is 6.07 Å². The quantitative estimate of drug-likeness (QED) is 0.517. The number of ether oxygens (including phenoxy) is 2. The molecule has 2 aromatic carbocycles. The van der Waals surface area contributed by atoms with Crippen LogP contribution in [-0.2, 0) is 12.6 Å². The first kappa shape index (κ1) is 22.7. The smallest absolute Gasteiger partial charge is 0.416 e. The number of halogens is 3. The summed E-state index contributed by atoms with van der Waals surface area (Å²) >= 11 is 0. The van der Waals surface area contributed by atoms with Gasteiger partial charge in [-0.05, 0) is 49.6 Å². The van der Waals surface area contributed by atoms with Gasteiger partial charge in [0, 0.05) is 19.0 Å². The number of alkyl halides is 3. The third-order valence-corrected chi connectivity index (χ3v) is 5.44. The highest BCUT2D eigenvalue weighted by Gasteiger charge is 2.34. The fourth-order valence-electron chi connectivity index (χ4n) is 3.66. The van der Waals surface area contributed by atoms with Crippen molar-refractivity contribution in [2.24, 2.45) is 0 Å². The van der Waals surface area contributed by atoms with Crippen LogP contribution in [0.3, 0.4) is 0 Å². The first-order valence-corrected chi connectivity index (χ1v) is 10.1. The molecule has 0 aliphatic carbocycles. The van der Waals surface area contributed by atoms with Gasteiger partial charge in [-0.15, -0.1) is 6.58 Å². The van der Waals surface area contributed by atoms with E-state index < -0.39 is 17.8 Å². The van der Waals surface area contributed by atoms with Crippen molar-refractivity contribution in [2.45, 2.75) is 38.9 Å². The number of rotatable bonds is 7. The van der Waals surface area contributed by atoms with E-state index in [0.717, 1.165) is 23.3 Å². The standard InChI is InChI=1S/C24H26F3NO3/c1-15(2)9-11-31-21-14-20(30-4)13-18-8-10-28(23(29)22(18)21)16(3)17-6-5-7-19(12-17)24(25,26)27/h5-7,12-14,16H,1,8-11H2,2-4H3. The molecule has 3 rings (SSSR count). The van der Waals surface area contributed by atoms with Gasteiger partial charge in [0.15, 0.2) is 0 Å². The van der Waals surface area contributed by atoms with Crippen LogP contribution in [0.15, 0.2) is 48.6 Å². The van der Waals surface area contributed by atoms with Crippen LogP contribution in [0, 0.1) is 0 Å². The van der Waals surface area contributed by atoms with Crippen LogP contribution in [0.1, 0.15) is 53.4 Å². The molecule has 0 saturated heterocycles. The Balaban J connectivity index is 1.92. The summed E-state index contributed by atoms with van der Waals surface area (Å²) < 4.78 is 50.6. The third-order valence-electron chi connectivity index (χ3n) is 5.44. The highest BCUT2D eigenvalue weighted by atomic mass is 19.4. The molecule has 1 unspecified atom stereocenters. The summed E-state index contributed by atoms with van der Waals surface area (Å²) in [6, 6.07) is 8.08. The van der Waals surface area contributed by atoms with Gasteiger partial charge in [0.25, 0.3) is 5.91 Å². The van der Waals surface area contributed by atoms with E-state index in [1.54, 1.807) is 31.1 Å². The number of hydrogen-bond donors (Lipinski definition) is 0. The van der Waals surface area contributed by atoms with Gasteiger partial charge in [0.2, 0.25) is 0 Å². The highest BCUT2D eigenvalue weighted by molar-refractivity contribution is 6.00. The molecule has 0 fully saturated rings. The van der Waals surface area contributed by atoms with E-state index in [2.05, 4.69) is 6.58 Å². The molecule has 1 aliphatic rings. The second-order valence-electron chi connectivity index (χ2n) is 7.76. The minimum absolute atomic E-state index is 0.265. The topological polar surface area (TPSA) is 38.8 Å². The molecule has 2 aromatic rings. The number of nitrogens with zero attached hydrogens (tertiary/aromatic N) is 1. The van der Waals surface area contributed by atoms with Crippen molar-refractivity contribution in [1.29, 1.82) is 0 Å². The number of benzene rings is 2. The van der Waals surface area contributed by atoms with Gasteiger partial charge in [-0.25, -0.2) is 0 Å². The molecular weight excluding hydrogens is 407 g/mol. The molecule has 1 atom stereocenters. The lowest BCUT2D eigenvalue weighted by atomic mass is 9.94. The lowest BCUT2D eigenvalue weighted by molar-refractivity contribution is -0.137. The Kier molecular flexibility index (Phi) is 6.62. The van der Waals surface area contributed by atoms with E-state index in [0.29, 0.717) is 48.6 Å². The van der Waals surface area contributed by atoms with Crippen molar-refractivity contribution in [3.8, 4) is 11.5 Å². The van der Waals surface area contributed by atoms with Gasteiger partial charge in [-0.2, -0.15) is 13.2 Å². The molecule has 0 N–H and O–H groups in total. The lowest BCUT2D eigenvalue weighted by Crippen LogP contribution is -2.39. The highest BCUT2D eigenvalue weighted by Crippen LogP contribution is 2.37. The van der Waals surface area contributed by atoms with E-state index >= 15 is 0 Å². The zero-order valence-corrected chi connectivity index (χ0v) is 17.9. The summed E-state index contributed by atoms with van der Waals surface area (Å²) in [5.41, 5.74) is 1.91. The molecule has 0 bridgehead atoms. The Morgan fingerprint density at radius 2 is 2.00 bits per heavy atom. The molecule has 0 spiro atoms. The number of methoxy groups -OCH3 is 1. The summed E-state index contributed by atoms with van der Waals surface area (Å²) in [5.74, 6) is 0.747. The summed E-state index contributed by atoms with van der Waals surface area (Å²) in [6.07, 6.45) is -3.24. The molecule has 31 heavy (non-hydrogen) atoms. The zero-order valence-electron chi connectivity index (χ0n) is 17.9. The van der Waals surface area contributed by atoms with Crippen molar-refractivity contribution >= 4 is 5.91 Å². The molecule has 7 heteroatoms. The summed E-state index contributed by atoms with van der Waals surface area (Å²) in [6.45, 7) is 8.25. The Hall–Kier alpha value is -2.96. The number of carbonyl (C=O) groups excluding carboxylic acids is 1. The average Bonchev–Trinajstić information content (AvgIpc) is 2.72. The number of amides is 1. The molecule has 4 nitrogen and oxygen atoms in total. The number of carbonyl (C=O) groups is 1. The van der Waals surface area contributed by atoms with Gasteiger partial charge in [-0.3, -0.25) is 4.79 Å². The zero-order chi connectivity index (χ0) is 22.8. The van der Waals surface area contributed by atoms with Gasteiger partial charge in [0.1, 0.15) is 11.5 Å². The predicted octanol–water partition coefficient (Wildman–Crippen LogP) is 5.82. The van der Waals surface area contributed by atoms with Crippen molar-refractivity contribution in [3.05, 3.63) is 70.8 Å². The average molecular weight is 433 g/mol. The van der Waals surface area contributed by atoms with Crippen molar-refractivity contribution in [1.82, 2.24) is 4.90 Å². The van der Waals surface area contributed by atoms with Crippen molar-refractivity contribution in [2.75, 3.05) is 20.3 Å². The predicted molar refractivity (Wildman–Crippen MR) is 113 cm³/mol. The van der Waals surface area contributed by atoms with Crippen LogP contribution in [0.5, 0.6) is 11.5 Å². The lowest BCUT2D eigenvalue weighted by Gasteiger charge is -2.35. The van der Waals surface area contributed by atoms with Gasteiger partial charge in [-0.1, -0.05) is 17.7 Å². The number of hydrogen-bond acceptors (Lipinski definition) is 3. The molecule has 166 valence electrons. The third kappa shape index (κ3) is 5.03. The monoisotopic (exact) mass is 433 g/mol. The van der Waals surface area contributed by atoms with Gasteiger partial charge in [0.05, 0.1) is 30.9 Å². The van der Waals surface area contributed by atoms with Crippen molar-refractivity contribution < 1.29 is 27.4 Å². The first-order chi connectivity index (χ1) is 14.6. The fourth-order valence-corrected chi connectivity index (χ4v) is 3.66. The van der Waals surface area contributed by atoms with E-state index in [-0.39, 0.29) is 5.91 Å². The fraction of sp³-hybridized carbons (Fsp3) is 0.375. The van der Waals surface area contributed by atoms with E-state index in [4.69, 9.17) is 9.47 Å². The number of fused-ring (bicyclic) bond motifs is 1. The molecule has 0 aromatic heterocycles. The largest absolute Gasteiger partial charge is 0.497 e. The summed E-state index contributed by atoms with van der Waals surface area (Å²) in [4.78, 5) is 15.0. The van der Waals surface area contributed by atoms with Crippen LogP contribution in [-0.4, -0.2) is 31.1 Å². The minimum atomic E-state index is -4.44. The Morgan fingerprint density at radius 3 is 2.65 bits per heavy atom. The maximum absolute atomic E-state index is 13.4. The molecular formula is C24H26F3NO3. The van der Waals surface area contributed by atoms with E-state index in [1.807, 2.05) is 13.0 Å². The minimum Gasteiger partial charge on any atom is -0.497 e. The van der Waals surface area contributed by atoms with Crippen molar-refractivity contribution in [3.63, 3.8) is 0 Å². The summed E-state index contributed by atoms with van der Waals surface area (Å²) in [7, 11) is 1.55. The Labute approximate surface area is 180 Å². The molecule has 0 radical (unpaired) electrons. The van der Waals surface area contributed by atoms with Crippen LogP contribution in [0.4, 0.5) is 13.2 Å². The van der Waals surface area contributed by atoms with Gasteiger partial charge >= 0.3 is 6.18 Å². The first-order valence-electron chi connectivity index (χ1n) is 10.1. The second-order valence-corrected chi connectivity index (χ2v) is 7.76. The van der Waals surface area contributed by atoms with Crippen LogP contribution < -0.4 is 9.47 Å². The Bertz CT molecular complexity index is 985. The van der Waals surface area contributed by atoms with Crippen LogP contribution in [0.25, 0.3) is 0 Å². The SMILES string of the molecule is C=C(C)CCOc1cc(OC)cc2c1C(=O)N(C(C)c1cccc(C(F)(F)F)c1)CC2.